The van der Waals surface area contributed by atoms with E-state index < -0.39 is 5.91 Å². The van der Waals surface area contributed by atoms with Crippen LogP contribution in [0.4, 0.5) is 5.82 Å². The quantitative estimate of drug-likeness (QED) is 0.331. The number of thioether (sulfide) groups is 1. The van der Waals surface area contributed by atoms with Gasteiger partial charge in [0.2, 0.25) is 0 Å². The Bertz CT molecular complexity index is 897. The molecular weight excluding hydrogens is 392 g/mol. The second-order valence-corrected chi connectivity index (χ2v) is 6.99. The molecule has 126 valence electrons. The summed E-state index contributed by atoms with van der Waals surface area (Å²) in [7, 11) is 0. The molecule has 0 aliphatic rings. The SMILES string of the molecule is CSCCc1c(NCC(=O)NO)nc2cc3ccccc3c(Br)n12. The number of aryl methyl sites for hydroxylation is 1. The van der Waals surface area contributed by atoms with Crippen LogP contribution in [0.3, 0.4) is 0 Å². The molecule has 0 saturated heterocycles. The standard InChI is InChI=1S/C16H17BrN4O2S/c1-24-7-6-12-16(18-9-14(22)20-23)19-13-8-10-4-2-3-5-11(10)15(17)21(12)13/h2-5,8,18,23H,6-7,9H2,1H3,(H,20,22). The number of hydroxylamine groups is 1. The Morgan fingerprint density at radius 1 is 1.42 bits per heavy atom. The van der Waals surface area contributed by atoms with Crippen molar-refractivity contribution in [1.29, 1.82) is 0 Å². The largest absolute Gasteiger partial charge is 0.359 e. The molecule has 0 fully saturated rings. The molecule has 2 aromatic heterocycles. The molecule has 1 aromatic carbocycles. The molecule has 3 rings (SSSR count). The monoisotopic (exact) mass is 408 g/mol. The van der Waals surface area contributed by atoms with Crippen molar-refractivity contribution in [2.24, 2.45) is 0 Å². The predicted molar refractivity (Wildman–Crippen MR) is 101 cm³/mol. The van der Waals surface area contributed by atoms with E-state index in [2.05, 4.69) is 43.0 Å². The third-order valence-electron chi connectivity index (χ3n) is 3.75. The lowest BCUT2D eigenvalue weighted by molar-refractivity contribution is -0.127. The molecule has 24 heavy (non-hydrogen) atoms. The molecule has 0 unspecified atom stereocenters. The third-order valence-corrected chi connectivity index (χ3v) is 5.14. The van der Waals surface area contributed by atoms with Crippen LogP contribution in [-0.4, -0.2) is 39.1 Å². The number of nitrogens with one attached hydrogen (secondary N) is 2. The number of amides is 1. The van der Waals surface area contributed by atoms with Gasteiger partial charge < -0.3 is 5.32 Å². The van der Waals surface area contributed by atoms with Crippen molar-refractivity contribution < 1.29 is 10.0 Å². The fourth-order valence-corrected chi connectivity index (χ4v) is 3.79. The van der Waals surface area contributed by atoms with E-state index in [1.54, 1.807) is 17.2 Å². The number of aromatic nitrogens is 2. The first-order chi connectivity index (χ1) is 11.7. The molecule has 0 bridgehead atoms. The minimum absolute atomic E-state index is 0.0379. The van der Waals surface area contributed by atoms with Gasteiger partial charge in [0, 0.05) is 11.8 Å². The fourth-order valence-electron chi connectivity index (χ4n) is 2.63. The Balaban J connectivity index is 2.14. The van der Waals surface area contributed by atoms with Crippen LogP contribution in [0.5, 0.6) is 0 Å². The molecule has 2 heterocycles. The summed E-state index contributed by atoms with van der Waals surface area (Å²) < 4.78 is 3.01. The maximum absolute atomic E-state index is 11.3. The minimum Gasteiger partial charge on any atom is -0.359 e. The Labute approximate surface area is 151 Å². The Morgan fingerprint density at radius 2 is 2.21 bits per heavy atom. The molecule has 8 heteroatoms. The number of hydrogen-bond acceptors (Lipinski definition) is 5. The molecule has 6 nitrogen and oxygen atoms in total. The molecule has 0 aliphatic carbocycles. The van der Waals surface area contributed by atoms with Crippen molar-refractivity contribution in [3.63, 3.8) is 0 Å². The summed E-state index contributed by atoms with van der Waals surface area (Å²) in [6, 6.07) is 10.1. The Hall–Kier alpha value is -1.77. The average Bonchev–Trinajstić information content (AvgIpc) is 2.95. The molecule has 3 aromatic rings. The zero-order valence-corrected chi connectivity index (χ0v) is 15.4. The number of rotatable bonds is 6. The van der Waals surface area contributed by atoms with Crippen LogP contribution in [0.15, 0.2) is 34.9 Å². The van der Waals surface area contributed by atoms with Gasteiger partial charge >= 0.3 is 0 Å². The van der Waals surface area contributed by atoms with Crippen LogP contribution in [0.2, 0.25) is 0 Å². The van der Waals surface area contributed by atoms with E-state index in [4.69, 9.17) is 5.21 Å². The van der Waals surface area contributed by atoms with Crippen molar-refractivity contribution >= 4 is 55.8 Å². The summed E-state index contributed by atoms with van der Waals surface area (Å²) >= 11 is 5.45. The van der Waals surface area contributed by atoms with Gasteiger partial charge in [-0.25, -0.2) is 10.5 Å². The number of hydrogen-bond donors (Lipinski definition) is 3. The summed E-state index contributed by atoms with van der Waals surface area (Å²) in [5, 5.41) is 13.9. The number of carbonyl (C=O) groups is 1. The topological polar surface area (TPSA) is 78.7 Å². The molecule has 3 N–H and O–H groups in total. The maximum Gasteiger partial charge on any atom is 0.262 e. The van der Waals surface area contributed by atoms with E-state index in [0.29, 0.717) is 5.82 Å². The lowest BCUT2D eigenvalue weighted by atomic mass is 10.2. The summed E-state index contributed by atoms with van der Waals surface area (Å²) in [6.45, 7) is -0.0379. The van der Waals surface area contributed by atoms with Crippen LogP contribution in [0.25, 0.3) is 16.4 Å². The number of fused-ring (bicyclic) bond motifs is 2. The molecule has 0 saturated carbocycles. The third kappa shape index (κ3) is 3.22. The summed E-state index contributed by atoms with van der Waals surface area (Å²) in [6.07, 6.45) is 2.86. The molecule has 0 radical (unpaired) electrons. The fraction of sp³-hybridized carbons (Fsp3) is 0.250. The van der Waals surface area contributed by atoms with Crippen molar-refractivity contribution in [2.75, 3.05) is 23.9 Å². The second kappa shape index (κ2) is 7.42. The zero-order chi connectivity index (χ0) is 17.1. The van der Waals surface area contributed by atoms with Gasteiger partial charge in [0.25, 0.3) is 5.91 Å². The van der Waals surface area contributed by atoms with Gasteiger partial charge in [-0.2, -0.15) is 11.8 Å². The molecule has 1 amide bonds. The highest BCUT2D eigenvalue weighted by Gasteiger charge is 2.16. The second-order valence-electron chi connectivity index (χ2n) is 5.25. The van der Waals surface area contributed by atoms with E-state index in [-0.39, 0.29) is 6.54 Å². The van der Waals surface area contributed by atoms with Gasteiger partial charge in [-0.05, 0) is 39.4 Å². The lowest BCUT2D eigenvalue weighted by Crippen LogP contribution is -2.27. The summed E-state index contributed by atoms with van der Waals surface area (Å²) in [5.41, 5.74) is 3.43. The van der Waals surface area contributed by atoms with Crippen LogP contribution < -0.4 is 10.8 Å². The first-order valence-electron chi connectivity index (χ1n) is 7.40. The zero-order valence-electron chi connectivity index (χ0n) is 13.0. The first kappa shape index (κ1) is 17.1. The highest BCUT2D eigenvalue weighted by molar-refractivity contribution is 9.10. The number of pyridine rings is 1. The van der Waals surface area contributed by atoms with Crippen molar-refractivity contribution in [1.82, 2.24) is 14.9 Å². The number of carbonyl (C=O) groups excluding carboxylic acids is 1. The first-order valence-corrected chi connectivity index (χ1v) is 9.58. The van der Waals surface area contributed by atoms with Crippen LogP contribution in [-0.2, 0) is 11.2 Å². The van der Waals surface area contributed by atoms with Gasteiger partial charge in [0.15, 0.2) is 0 Å². The Kier molecular flexibility index (Phi) is 5.27. The molecule has 0 atom stereocenters. The lowest BCUT2D eigenvalue weighted by Gasteiger charge is -2.09. The van der Waals surface area contributed by atoms with Gasteiger partial charge in [0.1, 0.15) is 11.5 Å². The van der Waals surface area contributed by atoms with Gasteiger partial charge in [-0.1, -0.05) is 24.3 Å². The van der Waals surface area contributed by atoms with E-state index in [1.165, 1.54) is 0 Å². The normalized spacial score (nSPS) is 11.1. The maximum atomic E-state index is 11.3. The van der Waals surface area contributed by atoms with Gasteiger partial charge in [0.05, 0.1) is 16.8 Å². The van der Waals surface area contributed by atoms with Crippen molar-refractivity contribution in [2.45, 2.75) is 6.42 Å². The highest BCUT2D eigenvalue weighted by Crippen LogP contribution is 2.30. The summed E-state index contributed by atoms with van der Waals surface area (Å²) in [4.78, 5) is 15.9. The van der Waals surface area contributed by atoms with Crippen molar-refractivity contribution in [3.05, 3.63) is 40.6 Å². The number of anilines is 1. The van der Waals surface area contributed by atoms with Crippen molar-refractivity contribution in [3.8, 4) is 0 Å². The number of halogens is 1. The smallest absolute Gasteiger partial charge is 0.262 e. The molecule has 0 spiro atoms. The number of nitrogens with zero attached hydrogens (tertiary/aromatic N) is 2. The number of imidazole rings is 1. The Morgan fingerprint density at radius 3 is 2.96 bits per heavy atom. The minimum atomic E-state index is -0.507. The van der Waals surface area contributed by atoms with Crippen LogP contribution >= 0.6 is 27.7 Å². The summed E-state index contributed by atoms with van der Waals surface area (Å²) in [5.74, 6) is 1.09. The van der Waals surface area contributed by atoms with Gasteiger partial charge in [-0.3, -0.25) is 14.4 Å². The average molecular weight is 409 g/mol. The van der Waals surface area contributed by atoms with Crippen LogP contribution in [0.1, 0.15) is 5.69 Å². The molecular formula is C16H17BrN4O2S. The molecule has 0 aliphatic heterocycles. The van der Waals surface area contributed by atoms with Crippen LogP contribution in [0, 0.1) is 0 Å². The van der Waals surface area contributed by atoms with E-state index in [9.17, 15) is 4.79 Å². The van der Waals surface area contributed by atoms with E-state index in [0.717, 1.165) is 38.9 Å². The van der Waals surface area contributed by atoms with Gasteiger partial charge in [-0.15, -0.1) is 0 Å². The number of benzene rings is 1. The predicted octanol–water partition coefficient (Wildman–Crippen LogP) is 3.07. The highest BCUT2D eigenvalue weighted by atomic mass is 79.9. The van der Waals surface area contributed by atoms with E-state index >= 15 is 0 Å². The van der Waals surface area contributed by atoms with E-state index in [1.807, 2.05) is 24.3 Å².